The number of hydrogen-bond acceptors (Lipinski definition) is 5. The molecule has 7 heteroatoms. The third-order valence-electron chi connectivity index (χ3n) is 5.74. The lowest BCUT2D eigenvalue weighted by molar-refractivity contribution is 0.297. The molecular weight excluding hydrogens is 390 g/mol. The Labute approximate surface area is 186 Å². The summed E-state index contributed by atoms with van der Waals surface area (Å²) in [7, 11) is 9.41. The monoisotopic (exact) mass is 425 g/mol. The first-order chi connectivity index (χ1) is 15.0. The molecule has 1 aliphatic heterocycles. The number of rotatable bonds is 8. The van der Waals surface area contributed by atoms with Crippen LogP contribution in [0, 0.1) is 0 Å². The zero-order valence-corrected chi connectivity index (χ0v) is 19.3. The van der Waals surface area contributed by atoms with Gasteiger partial charge in [-0.2, -0.15) is 0 Å². The van der Waals surface area contributed by atoms with Gasteiger partial charge in [0.15, 0.2) is 5.96 Å². The largest absolute Gasteiger partial charge is 0.497 e. The lowest BCUT2D eigenvalue weighted by Crippen LogP contribution is -2.46. The van der Waals surface area contributed by atoms with E-state index in [9.17, 15) is 0 Å². The van der Waals surface area contributed by atoms with E-state index in [1.54, 1.807) is 14.2 Å². The minimum Gasteiger partial charge on any atom is -0.497 e. The van der Waals surface area contributed by atoms with Crippen LogP contribution in [-0.4, -0.2) is 71.9 Å². The highest BCUT2D eigenvalue weighted by molar-refractivity contribution is 5.80. The number of benzene rings is 2. The first-order valence-electron chi connectivity index (χ1n) is 10.7. The van der Waals surface area contributed by atoms with E-state index in [1.165, 1.54) is 5.56 Å². The van der Waals surface area contributed by atoms with E-state index in [4.69, 9.17) is 9.47 Å². The zero-order valence-electron chi connectivity index (χ0n) is 19.3. The Hall–Kier alpha value is -2.93. The summed E-state index contributed by atoms with van der Waals surface area (Å²) in [5, 5.41) is 7.09. The summed E-state index contributed by atoms with van der Waals surface area (Å²) in [6.45, 7) is 2.63. The first kappa shape index (κ1) is 22.7. The normalized spacial score (nSPS) is 17.5. The van der Waals surface area contributed by atoms with Crippen molar-refractivity contribution in [1.82, 2.24) is 15.5 Å². The molecule has 3 rings (SSSR count). The number of aliphatic imine (C=N–C) groups is 1. The van der Waals surface area contributed by atoms with Gasteiger partial charge < -0.3 is 29.9 Å². The van der Waals surface area contributed by atoms with E-state index in [2.05, 4.69) is 63.8 Å². The maximum atomic E-state index is 5.53. The van der Waals surface area contributed by atoms with Crippen LogP contribution in [0.4, 0.5) is 5.69 Å². The Morgan fingerprint density at radius 2 is 1.97 bits per heavy atom. The van der Waals surface area contributed by atoms with Crippen molar-refractivity contribution in [3.63, 3.8) is 0 Å². The predicted molar refractivity (Wildman–Crippen MR) is 128 cm³/mol. The number of anilines is 1. The average Bonchev–Trinajstić information content (AvgIpc) is 3.26. The highest BCUT2D eigenvalue weighted by atomic mass is 16.5. The van der Waals surface area contributed by atoms with Crippen molar-refractivity contribution in [2.24, 2.45) is 4.99 Å². The highest BCUT2D eigenvalue weighted by Gasteiger charge is 2.25. The second-order valence-corrected chi connectivity index (χ2v) is 7.96. The van der Waals surface area contributed by atoms with E-state index in [0.717, 1.165) is 49.2 Å². The van der Waals surface area contributed by atoms with E-state index in [0.29, 0.717) is 6.04 Å². The van der Waals surface area contributed by atoms with Crippen LogP contribution in [0.25, 0.3) is 0 Å². The van der Waals surface area contributed by atoms with Gasteiger partial charge in [-0.3, -0.25) is 4.99 Å². The van der Waals surface area contributed by atoms with Crippen molar-refractivity contribution in [3.05, 3.63) is 54.1 Å². The molecule has 1 aliphatic rings. The summed E-state index contributed by atoms with van der Waals surface area (Å²) < 4.78 is 10.9. The third-order valence-corrected chi connectivity index (χ3v) is 5.74. The van der Waals surface area contributed by atoms with Gasteiger partial charge in [-0.25, -0.2) is 0 Å². The van der Waals surface area contributed by atoms with E-state index in [1.807, 2.05) is 31.3 Å². The summed E-state index contributed by atoms with van der Waals surface area (Å²) in [6.07, 6.45) is 1.05. The molecule has 168 valence electrons. The topological polar surface area (TPSA) is 61.4 Å². The van der Waals surface area contributed by atoms with E-state index >= 15 is 0 Å². The molecule has 31 heavy (non-hydrogen) atoms. The fourth-order valence-corrected chi connectivity index (χ4v) is 4.02. The van der Waals surface area contributed by atoms with Gasteiger partial charge >= 0.3 is 0 Å². The van der Waals surface area contributed by atoms with Crippen LogP contribution in [0.3, 0.4) is 0 Å². The van der Waals surface area contributed by atoms with Gasteiger partial charge in [0.2, 0.25) is 0 Å². The maximum Gasteiger partial charge on any atom is 0.191 e. The Balaban J connectivity index is 1.59. The van der Waals surface area contributed by atoms with Crippen molar-refractivity contribution < 1.29 is 9.47 Å². The van der Waals surface area contributed by atoms with E-state index < -0.39 is 0 Å². The molecule has 1 fully saturated rings. The number of methoxy groups -OCH3 is 2. The van der Waals surface area contributed by atoms with Gasteiger partial charge in [-0.05, 0) is 50.3 Å². The van der Waals surface area contributed by atoms with E-state index in [-0.39, 0.29) is 6.04 Å². The zero-order chi connectivity index (χ0) is 22.2. The number of nitrogens with zero attached hydrogens (tertiary/aromatic N) is 3. The lowest BCUT2D eigenvalue weighted by Gasteiger charge is -2.27. The van der Waals surface area contributed by atoms with Crippen molar-refractivity contribution in [1.29, 1.82) is 0 Å². The molecule has 1 saturated heterocycles. The van der Waals surface area contributed by atoms with Gasteiger partial charge in [0.05, 0.1) is 25.9 Å². The number of nitrogens with one attached hydrogen (secondary N) is 2. The van der Waals surface area contributed by atoms with Crippen LogP contribution < -0.4 is 25.0 Å². The SMILES string of the molecule is CN=C(NCC(c1cccc(OC)c1)N(C)C)NC1CCN(c2ccccc2OC)C1. The van der Waals surface area contributed by atoms with Crippen molar-refractivity contribution in [2.45, 2.75) is 18.5 Å². The Bertz CT molecular complexity index is 871. The van der Waals surface area contributed by atoms with Crippen LogP contribution in [0.15, 0.2) is 53.5 Å². The average molecular weight is 426 g/mol. The molecule has 0 radical (unpaired) electrons. The Kier molecular flexibility index (Phi) is 8.00. The first-order valence-corrected chi connectivity index (χ1v) is 10.7. The number of ether oxygens (including phenoxy) is 2. The number of para-hydroxylation sites is 2. The molecular formula is C24H35N5O2. The maximum absolute atomic E-state index is 5.53. The van der Waals surface area contributed by atoms with Crippen LogP contribution >= 0.6 is 0 Å². The van der Waals surface area contributed by atoms with Gasteiger partial charge in [0.1, 0.15) is 11.5 Å². The predicted octanol–water partition coefficient (Wildman–Crippen LogP) is 2.75. The molecule has 0 bridgehead atoms. The Morgan fingerprint density at radius 3 is 2.68 bits per heavy atom. The van der Waals surface area contributed by atoms with Crippen LogP contribution in [-0.2, 0) is 0 Å². The number of hydrogen-bond donors (Lipinski definition) is 2. The van der Waals surface area contributed by atoms with Crippen LogP contribution in [0.5, 0.6) is 11.5 Å². The molecule has 1 heterocycles. The van der Waals surface area contributed by atoms with Gasteiger partial charge in [-0.15, -0.1) is 0 Å². The summed E-state index contributed by atoms with van der Waals surface area (Å²) in [4.78, 5) is 9.02. The molecule has 7 nitrogen and oxygen atoms in total. The van der Waals surface area contributed by atoms with Gasteiger partial charge in [-0.1, -0.05) is 24.3 Å². The lowest BCUT2D eigenvalue weighted by atomic mass is 10.1. The fourth-order valence-electron chi connectivity index (χ4n) is 4.02. The van der Waals surface area contributed by atoms with Gasteiger partial charge in [0, 0.05) is 32.7 Å². The minimum absolute atomic E-state index is 0.197. The molecule has 2 atom stereocenters. The summed E-state index contributed by atoms with van der Waals surface area (Å²) >= 11 is 0. The third kappa shape index (κ3) is 5.82. The number of likely N-dealkylation sites (N-methyl/N-ethyl adjacent to an activating group) is 1. The molecule has 0 amide bonds. The second-order valence-electron chi connectivity index (χ2n) is 7.96. The molecule has 0 aliphatic carbocycles. The quantitative estimate of drug-likeness (QED) is 0.501. The summed E-state index contributed by atoms with van der Waals surface area (Å²) in [5.74, 6) is 2.61. The van der Waals surface area contributed by atoms with Gasteiger partial charge in [0.25, 0.3) is 0 Å². The standard InChI is InChI=1S/C24H35N5O2/c1-25-24(26-16-22(28(2)3)18-9-8-10-20(15-18)30-4)27-19-13-14-29(17-19)21-11-6-7-12-23(21)31-5/h6-12,15,19,22H,13-14,16-17H2,1-5H3,(H2,25,26,27). The highest BCUT2D eigenvalue weighted by Crippen LogP contribution is 2.30. The van der Waals surface area contributed by atoms with Crippen molar-refractivity contribution >= 4 is 11.6 Å². The summed E-state index contributed by atoms with van der Waals surface area (Å²) in [6, 6.07) is 16.9. The second kappa shape index (κ2) is 10.9. The van der Waals surface area contributed by atoms with Crippen LogP contribution in [0.2, 0.25) is 0 Å². The molecule has 0 aromatic heterocycles. The minimum atomic E-state index is 0.197. The van der Waals surface area contributed by atoms with Crippen molar-refractivity contribution in [2.75, 3.05) is 59.9 Å². The molecule has 2 aromatic carbocycles. The molecule has 2 unspecified atom stereocenters. The smallest absolute Gasteiger partial charge is 0.191 e. The Morgan fingerprint density at radius 1 is 1.16 bits per heavy atom. The molecule has 2 aromatic rings. The van der Waals surface area contributed by atoms with Crippen LogP contribution in [0.1, 0.15) is 18.0 Å². The van der Waals surface area contributed by atoms with Crippen molar-refractivity contribution in [3.8, 4) is 11.5 Å². The molecule has 0 saturated carbocycles. The fraction of sp³-hybridized carbons (Fsp3) is 0.458. The molecule has 2 N–H and O–H groups in total. The summed E-state index contributed by atoms with van der Waals surface area (Å²) in [5.41, 5.74) is 2.35. The molecule has 0 spiro atoms. The number of guanidine groups is 1.